The summed E-state index contributed by atoms with van der Waals surface area (Å²) in [6.07, 6.45) is 1.62. The number of carbonyl (C=O) groups excluding carboxylic acids is 2. The summed E-state index contributed by atoms with van der Waals surface area (Å²) in [5.74, 6) is -0.648. The topological polar surface area (TPSA) is 88.0 Å². The zero-order valence-electron chi connectivity index (χ0n) is 10.1. The summed E-state index contributed by atoms with van der Waals surface area (Å²) in [5.41, 5.74) is 6.74. The highest BCUT2D eigenvalue weighted by Gasteiger charge is 2.11. The van der Waals surface area contributed by atoms with Crippen molar-refractivity contribution < 1.29 is 9.59 Å². The number of rotatable bonds is 4. The van der Waals surface area contributed by atoms with Crippen LogP contribution in [0.4, 0.5) is 5.69 Å². The number of hydrogen-bond acceptors (Lipinski definition) is 4. The molecular weight excluding hydrogens is 262 g/mol. The minimum atomic E-state index is -0.434. The fourth-order valence-corrected chi connectivity index (χ4v) is 2.23. The first-order valence-corrected chi connectivity index (χ1v) is 6.60. The first-order valence-electron chi connectivity index (χ1n) is 5.61. The number of carbonyl (C=O) groups is 2. The molecule has 1 aromatic heterocycles. The molecule has 2 amide bonds. The van der Waals surface area contributed by atoms with Gasteiger partial charge >= 0.3 is 0 Å². The smallest absolute Gasteiger partial charge is 0.274 e. The highest BCUT2D eigenvalue weighted by molar-refractivity contribution is 8.00. The molecule has 0 spiro atoms. The Balaban J connectivity index is 1.85. The van der Waals surface area contributed by atoms with E-state index in [1.165, 1.54) is 11.8 Å². The van der Waals surface area contributed by atoms with Crippen molar-refractivity contribution in [1.29, 1.82) is 0 Å². The van der Waals surface area contributed by atoms with E-state index >= 15 is 0 Å². The fourth-order valence-electron chi connectivity index (χ4n) is 1.46. The van der Waals surface area contributed by atoms with Gasteiger partial charge in [0.2, 0.25) is 5.91 Å². The van der Waals surface area contributed by atoms with Gasteiger partial charge < -0.3 is 10.7 Å². The average Bonchev–Trinajstić information content (AvgIpc) is 2.91. The summed E-state index contributed by atoms with van der Waals surface area (Å²) in [6, 6.07) is 10.6. The van der Waals surface area contributed by atoms with Crippen LogP contribution in [-0.4, -0.2) is 22.6 Å². The van der Waals surface area contributed by atoms with Crippen molar-refractivity contribution in [3.63, 3.8) is 0 Å². The predicted molar refractivity (Wildman–Crippen MR) is 74.8 cm³/mol. The van der Waals surface area contributed by atoms with E-state index in [9.17, 15) is 9.59 Å². The van der Waals surface area contributed by atoms with Crippen molar-refractivity contribution >= 4 is 29.3 Å². The summed E-state index contributed by atoms with van der Waals surface area (Å²) >= 11 is 1.29. The second kappa shape index (κ2) is 6.10. The van der Waals surface area contributed by atoms with E-state index < -0.39 is 5.91 Å². The molecular formula is C13H13N3O2S. The molecule has 4 N–H and O–H groups in total. The minimum Gasteiger partial charge on any atom is -0.398 e. The standard InChI is InChI=1S/C13H13N3O2S/c14-9-4-1-2-6-11(9)19-8-12(17)16-13(18)10-5-3-7-15-10/h1-7,15H,8,14H2,(H,16,17,18). The Labute approximate surface area is 114 Å². The molecule has 2 rings (SSSR count). The largest absolute Gasteiger partial charge is 0.398 e. The van der Waals surface area contributed by atoms with Gasteiger partial charge in [0.25, 0.3) is 5.91 Å². The first kappa shape index (κ1) is 13.2. The number of amides is 2. The van der Waals surface area contributed by atoms with Crippen LogP contribution in [-0.2, 0) is 4.79 Å². The molecule has 19 heavy (non-hydrogen) atoms. The van der Waals surface area contributed by atoms with Crippen LogP contribution >= 0.6 is 11.8 Å². The average molecular weight is 275 g/mol. The number of thioether (sulfide) groups is 1. The van der Waals surface area contributed by atoms with Crippen molar-refractivity contribution in [2.24, 2.45) is 0 Å². The van der Waals surface area contributed by atoms with Crippen molar-refractivity contribution in [3.05, 3.63) is 48.3 Å². The Kier molecular flexibility index (Phi) is 4.25. The highest BCUT2D eigenvalue weighted by Crippen LogP contribution is 2.23. The maximum atomic E-state index is 11.6. The molecule has 0 radical (unpaired) electrons. The lowest BCUT2D eigenvalue weighted by Gasteiger charge is -2.05. The van der Waals surface area contributed by atoms with E-state index in [1.54, 1.807) is 24.4 Å². The molecule has 0 unspecified atom stereocenters. The monoisotopic (exact) mass is 275 g/mol. The minimum absolute atomic E-state index is 0.140. The van der Waals surface area contributed by atoms with Crippen LogP contribution in [0.3, 0.4) is 0 Å². The number of imide groups is 1. The number of aromatic nitrogens is 1. The number of anilines is 1. The number of nitrogens with two attached hydrogens (primary N) is 1. The maximum Gasteiger partial charge on any atom is 0.274 e. The molecule has 1 aromatic carbocycles. The van der Waals surface area contributed by atoms with Gasteiger partial charge in [-0.1, -0.05) is 12.1 Å². The van der Waals surface area contributed by atoms with Crippen molar-refractivity contribution in [2.45, 2.75) is 4.90 Å². The Morgan fingerprint density at radius 1 is 1.21 bits per heavy atom. The number of nitrogen functional groups attached to an aromatic ring is 1. The number of para-hydroxylation sites is 1. The molecule has 0 atom stereocenters. The van der Waals surface area contributed by atoms with E-state index in [4.69, 9.17) is 5.73 Å². The molecule has 0 fully saturated rings. The van der Waals surface area contributed by atoms with Gasteiger partial charge in [-0.2, -0.15) is 0 Å². The normalized spacial score (nSPS) is 10.1. The van der Waals surface area contributed by atoms with Gasteiger partial charge in [0, 0.05) is 16.8 Å². The summed E-state index contributed by atoms with van der Waals surface area (Å²) in [6.45, 7) is 0. The maximum absolute atomic E-state index is 11.6. The van der Waals surface area contributed by atoms with Crippen LogP contribution in [0.2, 0.25) is 0 Å². The van der Waals surface area contributed by atoms with Crippen molar-refractivity contribution in [2.75, 3.05) is 11.5 Å². The second-order valence-electron chi connectivity index (χ2n) is 3.79. The van der Waals surface area contributed by atoms with Crippen LogP contribution in [0.15, 0.2) is 47.5 Å². The van der Waals surface area contributed by atoms with Gasteiger partial charge in [-0.15, -0.1) is 11.8 Å². The molecule has 0 bridgehead atoms. The van der Waals surface area contributed by atoms with Gasteiger partial charge in [-0.25, -0.2) is 0 Å². The predicted octanol–water partition coefficient (Wildman–Crippen LogP) is 1.65. The van der Waals surface area contributed by atoms with Crippen LogP contribution in [0.25, 0.3) is 0 Å². The Hall–Kier alpha value is -2.21. The number of benzene rings is 1. The van der Waals surface area contributed by atoms with Gasteiger partial charge in [-0.05, 0) is 24.3 Å². The van der Waals surface area contributed by atoms with Crippen LogP contribution < -0.4 is 11.1 Å². The van der Waals surface area contributed by atoms with E-state index in [1.807, 2.05) is 18.2 Å². The van der Waals surface area contributed by atoms with Crippen LogP contribution in [0.1, 0.15) is 10.5 Å². The Morgan fingerprint density at radius 3 is 2.68 bits per heavy atom. The summed E-state index contributed by atoms with van der Waals surface area (Å²) in [4.78, 5) is 26.8. The zero-order chi connectivity index (χ0) is 13.7. The highest BCUT2D eigenvalue weighted by atomic mass is 32.2. The molecule has 0 aliphatic heterocycles. The van der Waals surface area contributed by atoms with E-state index in [-0.39, 0.29) is 11.7 Å². The Morgan fingerprint density at radius 2 is 2.00 bits per heavy atom. The van der Waals surface area contributed by atoms with Gasteiger partial charge in [0.15, 0.2) is 0 Å². The summed E-state index contributed by atoms with van der Waals surface area (Å²) in [5, 5.41) is 2.30. The van der Waals surface area contributed by atoms with E-state index in [2.05, 4.69) is 10.3 Å². The summed E-state index contributed by atoms with van der Waals surface area (Å²) in [7, 11) is 0. The molecule has 0 aliphatic carbocycles. The number of aromatic amines is 1. The third-order valence-corrected chi connectivity index (χ3v) is 3.46. The lowest BCUT2D eigenvalue weighted by Crippen LogP contribution is -2.32. The number of H-pyrrole nitrogens is 1. The lowest BCUT2D eigenvalue weighted by molar-refractivity contribution is -0.117. The van der Waals surface area contributed by atoms with Crippen molar-refractivity contribution in [1.82, 2.24) is 10.3 Å². The molecule has 6 heteroatoms. The third-order valence-electron chi connectivity index (χ3n) is 2.37. The third kappa shape index (κ3) is 3.62. The van der Waals surface area contributed by atoms with Crippen LogP contribution in [0, 0.1) is 0 Å². The van der Waals surface area contributed by atoms with E-state index in [0.717, 1.165) is 4.90 Å². The Bertz CT molecular complexity index is 581. The molecule has 0 aliphatic rings. The molecule has 0 saturated heterocycles. The molecule has 5 nitrogen and oxygen atoms in total. The van der Waals surface area contributed by atoms with Gasteiger partial charge in [0.05, 0.1) is 5.75 Å². The van der Waals surface area contributed by atoms with Crippen molar-refractivity contribution in [3.8, 4) is 0 Å². The van der Waals surface area contributed by atoms with E-state index in [0.29, 0.717) is 11.4 Å². The molecule has 0 saturated carbocycles. The molecule has 1 heterocycles. The quantitative estimate of drug-likeness (QED) is 0.584. The zero-order valence-corrected chi connectivity index (χ0v) is 10.9. The van der Waals surface area contributed by atoms with Gasteiger partial charge in [-0.3, -0.25) is 14.9 Å². The molecule has 2 aromatic rings. The first-order chi connectivity index (χ1) is 9.16. The number of nitrogens with one attached hydrogen (secondary N) is 2. The summed E-state index contributed by atoms with van der Waals surface area (Å²) < 4.78 is 0. The van der Waals surface area contributed by atoms with Gasteiger partial charge in [0.1, 0.15) is 5.69 Å². The fraction of sp³-hybridized carbons (Fsp3) is 0.0769. The number of hydrogen-bond donors (Lipinski definition) is 3. The van der Waals surface area contributed by atoms with Crippen LogP contribution in [0.5, 0.6) is 0 Å². The lowest BCUT2D eigenvalue weighted by atomic mass is 10.3. The SMILES string of the molecule is Nc1ccccc1SCC(=O)NC(=O)c1ccc[nH]1. The second-order valence-corrected chi connectivity index (χ2v) is 4.80. The molecule has 98 valence electrons.